The molecule has 0 atom stereocenters. The molecule has 2 aromatic rings. The van der Waals surface area contributed by atoms with Crippen LogP contribution in [0.25, 0.3) is 10.8 Å². The molecule has 1 saturated carbocycles. The van der Waals surface area contributed by atoms with Gasteiger partial charge in [0.15, 0.2) is 0 Å². The average molecular weight is 285 g/mol. The van der Waals surface area contributed by atoms with Crippen molar-refractivity contribution in [1.82, 2.24) is 4.98 Å². The number of methoxy groups -OCH3 is 1. The van der Waals surface area contributed by atoms with Crippen LogP contribution in [-0.4, -0.2) is 31.2 Å². The van der Waals surface area contributed by atoms with Crippen molar-refractivity contribution < 1.29 is 4.74 Å². The van der Waals surface area contributed by atoms with Gasteiger partial charge in [0.25, 0.3) is 0 Å². The molecule has 0 aliphatic heterocycles. The Kier molecular flexibility index (Phi) is 4.25. The van der Waals surface area contributed by atoms with E-state index in [4.69, 9.17) is 10.5 Å². The van der Waals surface area contributed by atoms with Gasteiger partial charge in [-0.25, -0.2) is 4.98 Å². The smallest absolute Gasteiger partial charge is 0.136 e. The van der Waals surface area contributed by atoms with Gasteiger partial charge in [-0.1, -0.05) is 12.1 Å². The van der Waals surface area contributed by atoms with Crippen molar-refractivity contribution in [2.45, 2.75) is 31.7 Å². The zero-order valence-electron chi connectivity index (χ0n) is 12.6. The van der Waals surface area contributed by atoms with Crippen molar-refractivity contribution >= 4 is 16.6 Å². The van der Waals surface area contributed by atoms with Gasteiger partial charge < -0.3 is 15.4 Å². The maximum atomic E-state index is 5.71. The lowest BCUT2D eigenvalue weighted by Gasteiger charge is -2.39. The first-order valence-electron chi connectivity index (χ1n) is 7.73. The first-order valence-corrected chi connectivity index (χ1v) is 7.73. The van der Waals surface area contributed by atoms with Crippen molar-refractivity contribution in [2.24, 2.45) is 5.73 Å². The molecule has 0 bridgehead atoms. The molecule has 3 rings (SSSR count). The Balaban J connectivity index is 2.04. The highest BCUT2D eigenvalue weighted by Crippen LogP contribution is 2.35. The Morgan fingerprint density at radius 3 is 2.81 bits per heavy atom. The molecule has 0 radical (unpaired) electrons. The van der Waals surface area contributed by atoms with Crippen LogP contribution in [0, 0.1) is 0 Å². The van der Waals surface area contributed by atoms with E-state index in [2.05, 4.69) is 16.0 Å². The zero-order valence-corrected chi connectivity index (χ0v) is 12.6. The maximum Gasteiger partial charge on any atom is 0.136 e. The average Bonchev–Trinajstić information content (AvgIpc) is 2.48. The number of hydrogen-bond acceptors (Lipinski definition) is 4. The fraction of sp³-hybridized carbons (Fsp3) is 0.471. The second-order valence-electron chi connectivity index (χ2n) is 5.61. The van der Waals surface area contributed by atoms with Gasteiger partial charge in [0.05, 0.1) is 7.11 Å². The Labute approximate surface area is 125 Å². The lowest BCUT2D eigenvalue weighted by molar-refractivity contribution is 0.383. The van der Waals surface area contributed by atoms with Crippen LogP contribution in [0.3, 0.4) is 0 Å². The number of benzene rings is 1. The molecule has 0 spiro atoms. The Bertz CT molecular complexity index is 610. The van der Waals surface area contributed by atoms with Gasteiger partial charge in [-0.2, -0.15) is 0 Å². The molecule has 1 aliphatic carbocycles. The number of pyridine rings is 1. The van der Waals surface area contributed by atoms with Crippen LogP contribution >= 0.6 is 0 Å². The first kappa shape index (κ1) is 14.1. The van der Waals surface area contributed by atoms with Crippen molar-refractivity contribution in [2.75, 3.05) is 25.1 Å². The molecule has 1 aromatic carbocycles. The summed E-state index contributed by atoms with van der Waals surface area (Å²) >= 11 is 0. The van der Waals surface area contributed by atoms with E-state index in [9.17, 15) is 0 Å². The van der Waals surface area contributed by atoms with E-state index in [1.807, 2.05) is 24.4 Å². The van der Waals surface area contributed by atoms with Gasteiger partial charge in [-0.3, -0.25) is 0 Å². The summed E-state index contributed by atoms with van der Waals surface area (Å²) in [6.07, 6.45) is 6.71. The molecule has 2 N–H and O–H groups in total. The Morgan fingerprint density at radius 1 is 1.29 bits per heavy atom. The molecule has 1 aliphatic rings. The van der Waals surface area contributed by atoms with E-state index in [1.165, 1.54) is 24.6 Å². The summed E-state index contributed by atoms with van der Waals surface area (Å²) in [5.41, 5.74) is 5.71. The number of hydrogen-bond donors (Lipinski definition) is 1. The van der Waals surface area contributed by atoms with Crippen LogP contribution in [0.4, 0.5) is 5.82 Å². The summed E-state index contributed by atoms with van der Waals surface area (Å²) in [7, 11) is 1.72. The number of ether oxygens (including phenoxy) is 1. The van der Waals surface area contributed by atoms with Gasteiger partial charge in [0.2, 0.25) is 0 Å². The monoisotopic (exact) mass is 285 g/mol. The number of fused-ring (bicyclic) bond motifs is 1. The van der Waals surface area contributed by atoms with E-state index in [1.54, 1.807) is 7.11 Å². The molecule has 0 amide bonds. The lowest BCUT2D eigenvalue weighted by Crippen LogP contribution is -2.42. The van der Waals surface area contributed by atoms with Crippen LogP contribution in [0.5, 0.6) is 5.75 Å². The van der Waals surface area contributed by atoms with Crippen LogP contribution in [0.2, 0.25) is 0 Å². The summed E-state index contributed by atoms with van der Waals surface area (Å²) in [5, 5.41) is 2.29. The normalized spacial score (nSPS) is 15.0. The summed E-state index contributed by atoms with van der Waals surface area (Å²) in [6, 6.07) is 8.81. The predicted molar refractivity (Wildman–Crippen MR) is 87.0 cm³/mol. The maximum absolute atomic E-state index is 5.71. The van der Waals surface area contributed by atoms with E-state index in [0.29, 0.717) is 6.04 Å². The van der Waals surface area contributed by atoms with Crippen LogP contribution in [0.15, 0.2) is 30.5 Å². The highest BCUT2D eigenvalue weighted by molar-refractivity contribution is 5.96. The van der Waals surface area contributed by atoms with E-state index in [0.717, 1.165) is 36.5 Å². The Hall–Kier alpha value is -1.81. The largest absolute Gasteiger partial charge is 0.496 e. The number of nitrogens with two attached hydrogens (primary N) is 1. The molecule has 21 heavy (non-hydrogen) atoms. The van der Waals surface area contributed by atoms with E-state index < -0.39 is 0 Å². The second kappa shape index (κ2) is 6.31. The van der Waals surface area contributed by atoms with E-state index in [-0.39, 0.29) is 0 Å². The number of aromatic nitrogens is 1. The fourth-order valence-corrected chi connectivity index (χ4v) is 2.99. The van der Waals surface area contributed by atoms with Gasteiger partial charge in [0.1, 0.15) is 11.6 Å². The fourth-order valence-electron chi connectivity index (χ4n) is 2.99. The van der Waals surface area contributed by atoms with Crippen LogP contribution in [0.1, 0.15) is 25.7 Å². The minimum Gasteiger partial charge on any atom is -0.496 e. The molecule has 1 fully saturated rings. The minimum absolute atomic E-state index is 0.612. The number of rotatable bonds is 6. The van der Waals surface area contributed by atoms with Crippen LogP contribution < -0.4 is 15.4 Å². The summed E-state index contributed by atoms with van der Waals surface area (Å²) in [4.78, 5) is 7.11. The van der Waals surface area contributed by atoms with Gasteiger partial charge >= 0.3 is 0 Å². The molecule has 1 aromatic heterocycles. The number of anilines is 1. The molecule has 4 heteroatoms. The highest BCUT2D eigenvalue weighted by Gasteiger charge is 2.26. The van der Waals surface area contributed by atoms with Gasteiger partial charge in [-0.05, 0) is 44.4 Å². The van der Waals surface area contributed by atoms with Crippen molar-refractivity contribution in [3.8, 4) is 5.75 Å². The van der Waals surface area contributed by atoms with Crippen molar-refractivity contribution in [1.29, 1.82) is 0 Å². The third kappa shape index (κ3) is 2.68. The predicted octanol–water partition coefficient (Wildman–Crippen LogP) is 2.95. The summed E-state index contributed by atoms with van der Waals surface area (Å²) in [6.45, 7) is 1.70. The van der Waals surface area contributed by atoms with Crippen molar-refractivity contribution in [3.63, 3.8) is 0 Å². The molecule has 4 nitrogen and oxygen atoms in total. The third-order valence-corrected chi connectivity index (χ3v) is 4.36. The molecular weight excluding hydrogens is 262 g/mol. The molecule has 0 saturated heterocycles. The third-order valence-electron chi connectivity index (χ3n) is 4.36. The minimum atomic E-state index is 0.612. The lowest BCUT2D eigenvalue weighted by atomic mass is 9.91. The van der Waals surface area contributed by atoms with Gasteiger partial charge in [-0.15, -0.1) is 0 Å². The quantitative estimate of drug-likeness (QED) is 0.886. The zero-order chi connectivity index (χ0) is 14.7. The van der Waals surface area contributed by atoms with Crippen molar-refractivity contribution in [3.05, 3.63) is 30.5 Å². The van der Waals surface area contributed by atoms with E-state index >= 15 is 0 Å². The summed E-state index contributed by atoms with van der Waals surface area (Å²) in [5.74, 6) is 1.98. The molecule has 112 valence electrons. The summed E-state index contributed by atoms with van der Waals surface area (Å²) < 4.78 is 5.48. The topological polar surface area (TPSA) is 51.4 Å². The second-order valence-corrected chi connectivity index (χ2v) is 5.61. The molecule has 1 heterocycles. The molecular formula is C17H23N3O. The number of nitrogens with zero attached hydrogens (tertiary/aromatic N) is 2. The first-order chi connectivity index (χ1) is 10.3. The molecule has 0 unspecified atom stereocenters. The van der Waals surface area contributed by atoms with Crippen LogP contribution in [-0.2, 0) is 0 Å². The standard InChI is InChI=1S/C17H23N3O/c1-21-16-8-3-7-15-14(16)9-11-19-17(15)20(12-4-10-18)13-5-2-6-13/h3,7-9,11,13H,2,4-6,10,12,18H2,1H3. The Morgan fingerprint density at radius 2 is 2.14 bits per heavy atom. The SMILES string of the molecule is COc1cccc2c(N(CCCN)C3CCC3)nccc12. The van der Waals surface area contributed by atoms with Gasteiger partial charge in [0, 0.05) is 29.6 Å². The highest BCUT2D eigenvalue weighted by atomic mass is 16.5.